The molecular weight excluding hydrogens is 222 g/mol. The molecule has 1 aromatic carbocycles. The summed E-state index contributed by atoms with van der Waals surface area (Å²) >= 11 is 5.94. The molecule has 0 saturated heterocycles. The van der Waals surface area contributed by atoms with Crippen molar-refractivity contribution in [2.75, 3.05) is 0 Å². The molecule has 0 N–H and O–H groups in total. The summed E-state index contributed by atoms with van der Waals surface area (Å²) in [5.74, 6) is 0.0563. The van der Waals surface area contributed by atoms with E-state index in [1.165, 1.54) is 0 Å². The van der Waals surface area contributed by atoms with Crippen molar-refractivity contribution in [3.05, 3.63) is 35.0 Å². The summed E-state index contributed by atoms with van der Waals surface area (Å²) in [6, 6.07) is 7.67. The zero-order valence-electron chi connectivity index (χ0n) is 9.46. The van der Waals surface area contributed by atoms with Gasteiger partial charge in [0.05, 0.1) is 5.52 Å². The van der Waals surface area contributed by atoms with Crippen LogP contribution in [0.5, 0.6) is 0 Å². The van der Waals surface area contributed by atoms with E-state index in [-0.39, 0.29) is 5.91 Å². The predicted octanol–water partition coefficient (Wildman–Crippen LogP) is 3.91. The second-order valence-electron chi connectivity index (χ2n) is 3.94. The molecule has 0 spiro atoms. The number of carbonyl (C=O) groups is 1. The highest BCUT2D eigenvalue weighted by molar-refractivity contribution is 6.31. The fraction of sp³-hybridized carbons (Fsp3) is 0.308. The molecule has 0 fully saturated rings. The lowest BCUT2D eigenvalue weighted by atomic mass is 10.2. The SMILES string of the molecule is CCCc1cc2cc(Cl)ccc2n1C(C)=O. The molecule has 2 rings (SSSR count). The molecule has 0 aliphatic rings. The van der Waals surface area contributed by atoms with Gasteiger partial charge < -0.3 is 0 Å². The highest BCUT2D eigenvalue weighted by Gasteiger charge is 2.11. The van der Waals surface area contributed by atoms with E-state index in [0.717, 1.165) is 29.4 Å². The van der Waals surface area contributed by atoms with Crippen LogP contribution in [0.25, 0.3) is 10.9 Å². The second kappa shape index (κ2) is 4.30. The van der Waals surface area contributed by atoms with Gasteiger partial charge in [0.2, 0.25) is 5.91 Å². The number of hydrogen-bond acceptors (Lipinski definition) is 1. The van der Waals surface area contributed by atoms with Gasteiger partial charge in [-0.25, -0.2) is 0 Å². The van der Waals surface area contributed by atoms with E-state index in [2.05, 4.69) is 6.92 Å². The van der Waals surface area contributed by atoms with Gasteiger partial charge in [0.1, 0.15) is 0 Å². The number of aromatic nitrogens is 1. The van der Waals surface area contributed by atoms with Crippen LogP contribution in [-0.2, 0) is 6.42 Å². The number of benzene rings is 1. The van der Waals surface area contributed by atoms with Crippen LogP contribution in [0.2, 0.25) is 5.02 Å². The molecule has 0 radical (unpaired) electrons. The largest absolute Gasteiger partial charge is 0.284 e. The van der Waals surface area contributed by atoms with Gasteiger partial charge >= 0.3 is 0 Å². The summed E-state index contributed by atoms with van der Waals surface area (Å²) in [6.07, 6.45) is 1.93. The number of carbonyl (C=O) groups excluding carboxylic acids is 1. The maximum atomic E-state index is 11.6. The van der Waals surface area contributed by atoms with Gasteiger partial charge in [0.25, 0.3) is 0 Å². The lowest BCUT2D eigenvalue weighted by Crippen LogP contribution is -2.09. The maximum Gasteiger partial charge on any atom is 0.228 e. The first-order chi connectivity index (χ1) is 7.63. The Kier molecular flexibility index (Phi) is 3.01. The van der Waals surface area contributed by atoms with Crippen molar-refractivity contribution >= 4 is 28.4 Å². The molecule has 0 saturated carbocycles. The van der Waals surface area contributed by atoms with Crippen LogP contribution >= 0.6 is 11.6 Å². The van der Waals surface area contributed by atoms with Crippen LogP contribution in [0, 0.1) is 0 Å². The summed E-state index contributed by atoms with van der Waals surface area (Å²) in [4.78, 5) is 11.6. The fourth-order valence-corrected chi connectivity index (χ4v) is 2.24. The van der Waals surface area contributed by atoms with Crippen molar-refractivity contribution in [3.8, 4) is 0 Å². The van der Waals surface area contributed by atoms with Gasteiger partial charge in [-0.15, -0.1) is 0 Å². The van der Waals surface area contributed by atoms with E-state index in [0.29, 0.717) is 5.02 Å². The minimum absolute atomic E-state index is 0.0563. The van der Waals surface area contributed by atoms with E-state index in [4.69, 9.17) is 11.6 Å². The summed E-state index contributed by atoms with van der Waals surface area (Å²) < 4.78 is 1.77. The number of rotatable bonds is 2. The third-order valence-electron chi connectivity index (χ3n) is 2.66. The van der Waals surface area contributed by atoms with Crippen LogP contribution in [0.3, 0.4) is 0 Å². The van der Waals surface area contributed by atoms with E-state index >= 15 is 0 Å². The maximum absolute atomic E-state index is 11.6. The Morgan fingerprint density at radius 2 is 2.12 bits per heavy atom. The molecule has 3 heteroatoms. The quantitative estimate of drug-likeness (QED) is 0.774. The molecule has 0 aliphatic heterocycles. The zero-order chi connectivity index (χ0) is 11.7. The van der Waals surface area contributed by atoms with E-state index in [1.54, 1.807) is 11.5 Å². The lowest BCUT2D eigenvalue weighted by Gasteiger charge is -2.04. The average molecular weight is 236 g/mol. The van der Waals surface area contributed by atoms with Crippen molar-refractivity contribution in [1.82, 2.24) is 4.57 Å². The first-order valence-electron chi connectivity index (χ1n) is 5.44. The van der Waals surface area contributed by atoms with E-state index < -0.39 is 0 Å². The molecular formula is C13H14ClNO. The fourth-order valence-electron chi connectivity index (χ4n) is 2.06. The number of aryl methyl sites for hydroxylation is 1. The molecule has 0 amide bonds. The zero-order valence-corrected chi connectivity index (χ0v) is 10.2. The van der Waals surface area contributed by atoms with E-state index in [1.807, 2.05) is 24.3 Å². The highest BCUT2D eigenvalue weighted by atomic mass is 35.5. The Morgan fingerprint density at radius 1 is 1.38 bits per heavy atom. The number of nitrogens with zero attached hydrogens (tertiary/aromatic N) is 1. The Morgan fingerprint density at radius 3 is 2.75 bits per heavy atom. The third-order valence-corrected chi connectivity index (χ3v) is 2.90. The molecule has 1 aromatic heterocycles. The summed E-state index contributed by atoms with van der Waals surface area (Å²) in [6.45, 7) is 3.70. The minimum Gasteiger partial charge on any atom is -0.284 e. The molecule has 2 aromatic rings. The number of halogens is 1. The summed E-state index contributed by atoms with van der Waals surface area (Å²) in [5.41, 5.74) is 2.01. The van der Waals surface area contributed by atoms with Crippen LogP contribution < -0.4 is 0 Å². The molecule has 0 atom stereocenters. The van der Waals surface area contributed by atoms with Gasteiger partial charge in [-0.05, 0) is 30.7 Å². The average Bonchev–Trinajstić information content (AvgIpc) is 2.55. The van der Waals surface area contributed by atoms with Gasteiger partial charge in [-0.2, -0.15) is 0 Å². The van der Waals surface area contributed by atoms with Crippen LogP contribution in [0.1, 0.15) is 30.8 Å². The standard InChI is InChI=1S/C13H14ClNO/c1-3-4-12-8-10-7-11(14)5-6-13(10)15(12)9(2)16/h5-8H,3-4H2,1-2H3. The molecule has 16 heavy (non-hydrogen) atoms. The first-order valence-corrected chi connectivity index (χ1v) is 5.82. The predicted molar refractivity (Wildman–Crippen MR) is 67.2 cm³/mol. The molecule has 1 heterocycles. The Balaban J connectivity index is 2.70. The minimum atomic E-state index is 0.0563. The number of fused-ring (bicyclic) bond motifs is 1. The van der Waals surface area contributed by atoms with Crippen molar-refractivity contribution in [2.24, 2.45) is 0 Å². The number of hydrogen-bond donors (Lipinski definition) is 0. The van der Waals surface area contributed by atoms with Crippen LogP contribution in [0.4, 0.5) is 0 Å². The molecule has 0 bridgehead atoms. The first kappa shape index (κ1) is 11.2. The van der Waals surface area contributed by atoms with Gasteiger partial charge in [-0.1, -0.05) is 24.9 Å². The topological polar surface area (TPSA) is 22.0 Å². The monoisotopic (exact) mass is 235 g/mol. The smallest absolute Gasteiger partial charge is 0.228 e. The van der Waals surface area contributed by atoms with Crippen LogP contribution in [0.15, 0.2) is 24.3 Å². The van der Waals surface area contributed by atoms with Gasteiger partial charge in [0, 0.05) is 23.0 Å². The highest BCUT2D eigenvalue weighted by Crippen LogP contribution is 2.24. The van der Waals surface area contributed by atoms with E-state index in [9.17, 15) is 4.79 Å². The molecule has 0 aliphatic carbocycles. The lowest BCUT2D eigenvalue weighted by molar-refractivity contribution is 0.0939. The Hall–Kier alpha value is -1.28. The van der Waals surface area contributed by atoms with Gasteiger partial charge in [0.15, 0.2) is 0 Å². The molecule has 2 nitrogen and oxygen atoms in total. The summed E-state index contributed by atoms with van der Waals surface area (Å²) in [5, 5.41) is 1.74. The van der Waals surface area contributed by atoms with Crippen molar-refractivity contribution < 1.29 is 4.79 Å². The normalized spacial score (nSPS) is 10.9. The van der Waals surface area contributed by atoms with Crippen molar-refractivity contribution in [3.63, 3.8) is 0 Å². The third kappa shape index (κ3) is 1.85. The van der Waals surface area contributed by atoms with Crippen LogP contribution in [-0.4, -0.2) is 10.5 Å². The van der Waals surface area contributed by atoms with Crippen molar-refractivity contribution in [2.45, 2.75) is 26.7 Å². The summed E-state index contributed by atoms with van der Waals surface area (Å²) in [7, 11) is 0. The van der Waals surface area contributed by atoms with Gasteiger partial charge in [-0.3, -0.25) is 9.36 Å². The second-order valence-corrected chi connectivity index (χ2v) is 4.38. The Labute approximate surface area is 99.8 Å². The van der Waals surface area contributed by atoms with Crippen molar-refractivity contribution in [1.29, 1.82) is 0 Å². The Bertz CT molecular complexity index is 542. The molecule has 0 unspecified atom stereocenters. The molecule has 84 valence electrons.